The third-order valence-corrected chi connectivity index (χ3v) is 4.14. The van der Waals surface area contributed by atoms with Gasteiger partial charge in [0.05, 0.1) is 4.92 Å². The molecular formula is C17H14ClN5O3. The molecule has 0 aliphatic heterocycles. The van der Waals surface area contributed by atoms with E-state index in [1.54, 1.807) is 36.7 Å². The molecule has 9 heteroatoms. The van der Waals surface area contributed by atoms with E-state index in [4.69, 9.17) is 16.3 Å². The Morgan fingerprint density at radius 3 is 2.42 bits per heavy atom. The van der Waals surface area contributed by atoms with Crippen LogP contribution in [-0.4, -0.2) is 19.9 Å². The van der Waals surface area contributed by atoms with E-state index in [-0.39, 0.29) is 17.4 Å². The van der Waals surface area contributed by atoms with Crippen molar-refractivity contribution >= 4 is 28.8 Å². The topological polar surface area (TPSA) is 103 Å². The fraction of sp³-hybridized carbons (Fsp3) is 0.118. The summed E-state index contributed by atoms with van der Waals surface area (Å²) in [7, 11) is 0. The Balaban J connectivity index is 2.00. The third kappa shape index (κ3) is 3.70. The van der Waals surface area contributed by atoms with E-state index in [2.05, 4.69) is 20.3 Å². The Morgan fingerprint density at radius 2 is 1.81 bits per heavy atom. The highest BCUT2D eigenvalue weighted by Gasteiger charge is 2.25. The van der Waals surface area contributed by atoms with E-state index in [0.29, 0.717) is 16.5 Å². The summed E-state index contributed by atoms with van der Waals surface area (Å²) in [5.41, 5.74) is 1.84. The minimum atomic E-state index is -0.589. The second kappa shape index (κ2) is 7.32. The number of nitrogens with zero attached hydrogens (tertiary/aromatic N) is 4. The number of ether oxygens (including phenoxy) is 1. The molecule has 0 saturated heterocycles. The maximum Gasteiger partial charge on any atom is 0.373 e. The number of aromatic nitrogens is 3. The van der Waals surface area contributed by atoms with Crippen LogP contribution in [0.1, 0.15) is 11.1 Å². The highest BCUT2D eigenvalue weighted by molar-refractivity contribution is 6.32. The van der Waals surface area contributed by atoms with Gasteiger partial charge in [0.2, 0.25) is 5.82 Å². The van der Waals surface area contributed by atoms with Gasteiger partial charge in [0.15, 0.2) is 0 Å². The van der Waals surface area contributed by atoms with E-state index in [9.17, 15) is 10.1 Å². The first-order valence-corrected chi connectivity index (χ1v) is 7.94. The molecule has 3 rings (SSSR count). The first kappa shape index (κ1) is 17.6. The highest BCUT2D eigenvalue weighted by atomic mass is 35.5. The molecule has 0 spiro atoms. The number of pyridine rings is 1. The highest BCUT2D eigenvalue weighted by Crippen LogP contribution is 2.36. The van der Waals surface area contributed by atoms with Gasteiger partial charge in [-0.2, -0.15) is 4.98 Å². The minimum Gasteiger partial charge on any atom is -0.434 e. The van der Waals surface area contributed by atoms with Crippen LogP contribution in [-0.2, 0) is 0 Å². The van der Waals surface area contributed by atoms with E-state index < -0.39 is 4.92 Å². The predicted molar refractivity (Wildman–Crippen MR) is 97.2 cm³/mol. The van der Waals surface area contributed by atoms with Crippen molar-refractivity contribution in [2.45, 2.75) is 13.8 Å². The molecule has 26 heavy (non-hydrogen) atoms. The maximum absolute atomic E-state index is 11.6. The Bertz CT molecular complexity index is 943. The van der Waals surface area contributed by atoms with Gasteiger partial charge in [-0.15, -0.1) is 0 Å². The van der Waals surface area contributed by atoms with Crippen molar-refractivity contribution in [2.75, 3.05) is 5.32 Å². The van der Waals surface area contributed by atoms with Crippen LogP contribution in [0.5, 0.6) is 11.6 Å². The quantitative estimate of drug-likeness (QED) is 0.516. The average Bonchev–Trinajstić information content (AvgIpc) is 2.60. The molecule has 0 fully saturated rings. The molecule has 1 N–H and O–H groups in total. The summed E-state index contributed by atoms with van der Waals surface area (Å²) in [6.45, 7) is 3.65. The summed E-state index contributed by atoms with van der Waals surface area (Å²) in [4.78, 5) is 22.8. The van der Waals surface area contributed by atoms with Crippen molar-refractivity contribution in [3.63, 3.8) is 0 Å². The molecule has 0 atom stereocenters. The molecule has 2 heterocycles. The Hall–Kier alpha value is -3.26. The van der Waals surface area contributed by atoms with Crippen LogP contribution < -0.4 is 10.1 Å². The molecule has 3 aromatic rings. The first-order valence-electron chi connectivity index (χ1n) is 7.56. The first-order chi connectivity index (χ1) is 12.5. The molecule has 0 aliphatic rings. The number of hydrogen-bond donors (Lipinski definition) is 1. The summed E-state index contributed by atoms with van der Waals surface area (Å²) in [5, 5.41) is 15.1. The lowest BCUT2D eigenvalue weighted by atomic mass is 10.1. The molecule has 0 amide bonds. The molecule has 0 radical (unpaired) electrons. The number of nitrogens with one attached hydrogen (secondary N) is 1. The van der Waals surface area contributed by atoms with Crippen molar-refractivity contribution < 1.29 is 9.66 Å². The van der Waals surface area contributed by atoms with Gasteiger partial charge in [0.25, 0.3) is 0 Å². The number of halogens is 1. The monoisotopic (exact) mass is 371 g/mol. The fourth-order valence-electron chi connectivity index (χ4n) is 2.34. The Labute approximate surface area is 154 Å². The van der Waals surface area contributed by atoms with Crippen molar-refractivity contribution in [2.24, 2.45) is 0 Å². The van der Waals surface area contributed by atoms with Gasteiger partial charge in [-0.05, 0) is 49.2 Å². The van der Waals surface area contributed by atoms with E-state index in [1.807, 2.05) is 13.8 Å². The Morgan fingerprint density at radius 1 is 1.15 bits per heavy atom. The summed E-state index contributed by atoms with van der Waals surface area (Å²) in [5.74, 6) is 0.261. The summed E-state index contributed by atoms with van der Waals surface area (Å²) in [6, 6.07) is 6.71. The van der Waals surface area contributed by atoms with E-state index in [0.717, 1.165) is 11.1 Å². The van der Waals surface area contributed by atoms with Crippen LogP contribution in [0.4, 0.5) is 17.2 Å². The van der Waals surface area contributed by atoms with Crippen LogP contribution in [0, 0.1) is 24.0 Å². The van der Waals surface area contributed by atoms with Gasteiger partial charge in [0.1, 0.15) is 12.1 Å². The SMILES string of the molecule is Cc1cc(Oc2ncnc(Nc3ccncc3)c2[N+](=O)[O-])cc(C)c1Cl. The van der Waals surface area contributed by atoms with Gasteiger partial charge >= 0.3 is 11.6 Å². The number of benzene rings is 1. The molecule has 2 aromatic heterocycles. The maximum atomic E-state index is 11.6. The molecule has 0 aliphatic carbocycles. The molecule has 0 saturated carbocycles. The van der Waals surface area contributed by atoms with Crippen molar-refractivity contribution in [3.05, 3.63) is 69.3 Å². The van der Waals surface area contributed by atoms with Gasteiger partial charge in [0, 0.05) is 23.1 Å². The van der Waals surface area contributed by atoms with Gasteiger partial charge in [-0.25, -0.2) is 4.98 Å². The number of anilines is 2. The molecule has 8 nitrogen and oxygen atoms in total. The molecular weight excluding hydrogens is 358 g/mol. The zero-order valence-electron chi connectivity index (χ0n) is 13.9. The molecule has 1 aromatic carbocycles. The smallest absolute Gasteiger partial charge is 0.373 e. The predicted octanol–water partition coefficient (Wildman–Crippen LogP) is 4.59. The Kier molecular flexibility index (Phi) is 4.94. The average molecular weight is 372 g/mol. The largest absolute Gasteiger partial charge is 0.434 e. The van der Waals surface area contributed by atoms with Gasteiger partial charge < -0.3 is 10.1 Å². The normalized spacial score (nSPS) is 10.4. The second-order valence-corrected chi connectivity index (χ2v) is 5.85. The molecule has 0 bridgehead atoms. The van der Waals surface area contributed by atoms with Gasteiger partial charge in [-0.3, -0.25) is 15.1 Å². The fourth-order valence-corrected chi connectivity index (χ4v) is 2.45. The molecule has 0 unspecified atom stereocenters. The minimum absolute atomic E-state index is 0.0219. The number of nitro groups is 1. The van der Waals surface area contributed by atoms with Crippen LogP contribution in [0.2, 0.25) is 5.02 Å². The molecule has 132 valence electrons. The lowest BCUT2D eigenvalue weighted by molar-refractivity contribution is -0.385. The van der Waals surface area contributed by atoms with E-state index in [1.165, 1.54) is 6.33 Å². The van der Waals surface area contributed by atoms with Crippen molar-refractivity contribution in [3.8, 4) is 11.6 Å². The van der Waals surface area contributed by atoms with Crippen LogP contribution in [0.25, 0.3) is 0 Å². The lowest BCUT2D eigenvalue weighted by Gasteiger charge is -2.11. The number of rotatable bonds is 5. The number of hydrogen-bond acceptors (Lipinski definition) is 7. The van der Waals surface area contributed by atoms with Crippen molar-refractivity contribution in [1.29, 1.82) is 0 Å². The van der Waals surface area contributed by atoms with Crippen LogP contribution >= 0.6 is 11.6 Å². The summed E-state index contributed by atoms with van der Waals surface area (Å²) >= 11 is 6.15. The number of aryl methyl sites for hydroxylation is 2. The van der Waals surface area contributed by atoms with Crippen LogP contribution in [0.15, 0.2) is 43.0 Å². The summed E-state index contributed by atoms with van der Waals surface area (Å²) in [6.07, 6.45) is 4.32. The van der Waals surface area contributed by atoms with Gasteiger partial charge in [-0.1, -0.05) is 11.6 Å². The zero-order chi connectivity index (χ0) is 18.7. The summed E-state index contributed by atoms with van der Waals surface area (Å²) < 4.78 is 5.66. The van der Waals surface area contributed by atoms with E-state index >= 15 is 0 Å². The zero-order valence-corrected chi connectivity index (χ0v) is 14.7. The lowest BCUT2D eigenvalue weighted by Crippen LogP contribution is -2.03. The second-order valence-electron chi connectivity index (χ2n) is 5.47. The van der Waals surface area contributed by atoms with Crippen LogP contribution in [0.3, 0.4) is 0 Å². The van der Waals surface area contributed by atoms with Crippen molar-refractivity contribution in [1.82, 2.24) is 15.0 Å². The third-order valence-electron chi connectivity index (χ3n) is 3.54. The standard InChI is InChI=1S/C17H14ClN5O3/c1-10-7-13(8-11(2)14(10)18)26-17-15(23(24)25)16(20-9-21-17)22-12-3-5-19-6-4-12/h3-9H,1-2H3,(H,19,20,21,22).